The van der Waals surface area contributed by atoms with Crippen LogP contribution in [0.4, 0.5) is 0 Å². The normalized spacial score (nSPS) is 10.7. The van der Waals surface area contributed by atoms with Crippen LogP contribution in [0.3, 0.4) is 0 Å². The molecule has 6 heteroatoms. The number of rotatable bonds is 3. The Balaban J connectivity index is 2.08. The number of benzene rings is 2. The molecule has 0 atom stereocenters. The summed E-state index contributed by atoms with van der Waals surface area (Å²) in [5.41, 5.74) is 14.3. The molecule has 0 fully saturated rings. The van der Waals surface area contributed by atoms with Gasteiger partial charge < -0.3 is 16.0 Å². The molecule has 0 bridgehead atoms. The maximum atomic E-state index is 7.43. The highest BCUT2D eigenvalue weighted by Gasteiger charge is 2.11. The van der Waals surface area contributed by atoms with Gasteiger partial charge in [-0.25, -0.2) is 0 Å². The first-order chi connectivity index (χ1) is 10.1. The van der Waals surface area contributed by atoms with Gasteiger partial charge >= 0.3 is 0 Å². The molecule has 21 heavy (non-hydrogen) atoms. The van der Waals surface area contributed by atoms with Gasteiger partial charge in [0.15, 0.2) is 5.58 Å². The SMILES string of the molecule is N=C(N)c1ccc(-c2noc3cc(C(=N)N)ccc23)cc1. The van der Waals surface area contributed by atoms with Crippen LogP contribution in [0.1, 0.15) is 11.1 Å². The Morgan fingerprint density at radius 1 is 0.905 bits per heavy atom. The summed E-state index contributed by atoms with van der Waals surface area (Å²) in [5.74, 6) is 0.0123. The second-order valence-corrected chi connectivity index (χ2v) is 4.65. The highest BCUT2D eigenvalue weighted by Crippen LogP contribution is 2.28. The Morgan fingerprint density at radius 2 is 1.52 bits per heavy atom. The van der Waals surface area contributed by atoms with E-state index in [1.54, 1.807) is 24.3 Å². The van der Waals surface area contributed by atoms with Crippen LogP contribution in [0.25, 0.3) is 22.2 Å². The topological polar surface area (TPSA) is 126 Å². The number of fused-ring (bicyclic) bond motifs is 1. The number of nitrogen functional groups attached to an aromatic ring is 2. The van der Waals surface area contributed by atoms with Gasteiger partial charge in [0.05, 0.1) is 0 Å². The predicted molar refractivity (Wildman–Crippen MR) is 81.5 cm³/mol. The molecule has 1 aromatic heterocycles. The fourth-order valence-electron chi connectivity index (χ4n) is 2.12. The molecule has 0 saturated carbocycles. The minimum Gasteiger partial charge on any atom is -0.384 e. The third-order valence-electron chi connectivity index (χ3n) is 3.25. The smallest absolute Gasteiger partial charge is 0.168 e. The van der Waals surface area contributed by atoms with Crippen molar-refractivity contribution in [2.45, 2.75) is 0 Å². The van der Waals surface area contributed by atoms with E-state index in [1.807, 2.05) is 18.2 Å². The van der Waals surface area contributed by atoms with E-state index in [-0.39, 0.29) is 11.7 Å². The molecule has 6 nitrogen and oxygen atoms in total. The third-order valence-corrected chi connectivity index (χ3v) is 3.25. The standard InChI is InChI=1S/C15H13N5O/c16-14(17)9-3-1-8(2-4-9)13-11-6-5-10(15(18)19)7-12(11)21-20-13/h1-7H,(H3,16,17)(H3,18,19). The fraction of sp³-hybridized carbons (Fsp3) is 0. The van der Waals surface area contributed by atoms with Gasteiger partial charge in [0, 0.05) is 22.1 Å². The van der Waals surface area contributed by atoms with Gasteiger partial charge in [0.2, 0.25) is 0 Å². The predicted octanol–water partition coefficient (Wildman–Crippen LogP) is 2.06. The zero-order valence-corrected chi connectivity index (χ0v) is 11.1. The third kappa shape index (κ3) is 2.23. The molecule has 0 saturated heterocycles. The molecule has 0 aliphatic rings. The van der Waals surface area contributed by atoms with E-state index in [9.17, 15) is 0 Å². The molecule has 0 aliphatic carbocycles. The summed E-state index contributed by atoms with van der Waals surface area (Å²) in [6.07, 6.45) is 0. The molecule has 0 spiro atoms. The van der Waals surface area contributed by atoms with Gasteiger partial charge in [-0.1, -0.05) is 35.5 Å². The lowest BCUT2D eigenvalue weighted by Crippen LogP contribution is -2.10. The lowest BCUT2D eigenvalue weighted by Gasteiger charge is -2.01. The van der Waals surface area contributed by atoms with Crippen molar-refractivity contribution < 1.29 is 4.52 Å². The number of nitrogens with zero attached hydrogens (tertiary/aromatic N) is 1. The Bertz CT molecular complexity index is 848. The van der Waals surface area contributed by atoms with Crippen LogP contribution in [-0.2, 0) is 0 Å². The molecule has 1 heterocycles. The van der Waals surface area contributed by atoms with E-state index in [4.69, 9.17) is 26.8 Å². The molecule has 6 N–H and O–H groups in total. The Kier molecular flexibility index (Phi) is 2.91. The largest absolute Gasteiger partial charge is 0.384 e. The molecule has 0 radical (unpaired) electrons. The molecule has 3 rings (SSSR count). The molecule has 0 aliphatic heterocycles. The number of nitrogens with two attached hydrogens (primary N) is 2. The highest BCUT2D eigenvalue weighted by molar-refractivity contribution is 6.01. The van der Waals surface area contributed by atoms with Gasteiger partial charge in [-0.15, -0.1) is 0 Å². The van der Waals surface area contributed by atoms with Crippen molar-refractivity contribution in [3.63, 3.8) is 0 Å². The maximum Gasteiger partial charge on any atom is 0.168 e. The van der Waals surface area contributed by atoms with Crippen LogP contribution in [0, 0.1) is 10.8 Å². The lowest BCUT2D eigenvalue weighted by molar-refractivity contribution is 0.459. The summed E-state index contributed by atoms with van der Waals surface area (Å²) in [6, 6.07) is 12.5. The number of nitrogens with one attached hydrogen (secondary N) is 2. The summed E-state index contributed by atoms with van der Waals surface area (Å²) < 4.78 is 5.30. The molecule has 0 amide bonds. The zero-order chi connectivity index (χ0) is 15.0. The van der Waals surface area contributed by atoms with Crippen LogP contribution in [-0.4, -0.2) is 16.8 Å². The maximum absolute atomic E-state index is 7.43. The first-order valence-electron chi connectivity index (χ1n) is 6.25. The molecule has 3 aromatic rings. The van der Waals surface area contributed by atoms with Gasteiger partial charge in [-0.2, -0.15) is 0 Å². The molecule has 104 valence electrons. The molecule has 2 aromatic carbocycles. The van der Waals surface area contributed by atoms with Crippen LogP contribution in [0.5, 0.6) is 0 Å². The van der Waals surface area contributed by atoms with Crippen LogP contribution in [0.15, 0.2) is 47.0 Å². The summed E-state index contributed by atoms with van der Waals surface area (Å²) >= 11 is 0. The number of aromatic nitrogens is 1. The van der Waals surface area contributed by atoms with Gasteiger partial charge in [-0.05, 0) is 12.1 Å². The van der Waals surface area contributed by atoms with Crippen LogP contribution >= 0.6 is 0 Å². The minimum absolute atomic E-state index is 0.0133. The van der Waals surface area contributed by atoms with Gasteiger partial charge in [-0.3, -0.25) is 10.8 Å². The minimum atomic E-state index is -0.0133. The number of hydrogen-bond donors (Lipinski definition) is 4. The van der Waals surface area contributed by atoms with Crippen molar-refractivity contribution in [3.05, 3.63) is 53.6 Å². The van der Waals surface area contributed by atoms with Gasteiger partial charge in [0.1, 0.15) is 17.4 Å². The van der Waals surface area contributed by atoms with Crippen molar-refractivity contribution in [3.8, 4) is 11.3 Å². The molecule has 0 unspecified atom stereocenters. The highest BCUT2D eigenvalue weighted by atomic mass is 16.5. The average molecular weight is 279 g/mol. The number of hydrogen-bond acceptors (Lipinski definition) is 4. The van der Waals surface area contributed by atoms with E-state index >= 15 is 0 Å². The van der Waals surface area contributed by atoms with Crippen molar-refractivity contribution >= 4 is 22.6 Å². The van der Waals surface area contributed by atoms with E-state index in [1.165, 1.54) is 0 Å². The average Bonchev–Trinajstić information content (AvgIpc) is 2.90. The van der Waals surface area contributed by atoms with Crippen molar-refractivity contribution in [2.24, 2.45) is 11.5 Å². The van der Waals surface area contributed by atoms with E-state index in [2.05, 4.69) is 5.16 Å². The summed E-state index contributed by atoms with van der Waals surface area (Å²) in [6.45, 7) is 0. The van der Waals surface area contributed by atoms with Crippen LogP contribution in [0.2, 0.25) is 0 Å². The number of amidine groups is 2. The van der Waals surface area contributed by atoms with E-state index < -0.39 is 0 Å². The summed E-state index contributed by atoms with van der Waals surface area (Å²) in [5, 5.41) is 19.7. The second kappa shape index (κ2) is 4.75. The molecular formula is C15H13N5O. The fourth-order valence-corrected chi connectivity index (χ4v) is 2.12. The monoisotopic (exact) mass is 279 g/mol. The summed E-state index contributed by atoms with van der Waals surface area (Å²) in [7, 11) is 0. The Labute approximate surface area is 120 Å². The van der Waals surface area contributed by atoms with Crippen LogP contribution < -0.4 is 11.5 Å². The first-order valence-corrected chi connectivity index (χ1v) is 6.25. The van der Waals surface area contributed by atoms with Crippen molar-refractivity contribution in [1.29, 1.82) is 10.8 Å². The second-order valence-electron chi connectivity index (χ2n) is 4.65. The van der Waals surface area contributed by atoms with E-state index in [0.717, 1.165) is 10.9 Å². The van der Waals surface area contributed by atoms with Crippen molar-refractivity contribution in [2.75, 3.05) is 0 Å². The van der Waals surface area contributed by atoms with Crippen molar-refractivity contribution in [1.82, 2.24) is 5.16 Å². The molecular weight excluding hydrogens is 266 g/mol. The zero-order valence-electron chi connectivity index (χ0n) is 11.1. The summed E-state index contributed by atoms with van der Waals surface area (Å²) in [4.78, 5) is 0. The lowest BCUT2D eigenvalue weighted by atomic mass is 10.0. The Morgan fingerprint density at radius 3 is 2.14 bits per heavy atom. The van der Waals surface area contributed by atoms with Gasteiger partial charge in [0.25, 0.3) is 0 Å². The Hall–Kier alpha value is -3.15. The first kappa shape index (κ1) is 12.9. The van der Waals surface area contributed by atoms with E-state index in [0.29, 0.717) is 22.4 Å². The quantitative estimate of drug-likeness (QED) is 0.432.